The summed E-state index contributed by atoms with van der Waals surface area (Å²) >= 11 is 0. The maximum atomic E-state index is 13.2. The Balaban J connectivity index is 2.84. The quantitative estimate of drug-likeness (QED) is 0.629. The van der Waals surface area contributed by atoms with Crippen molar-refractivity contribution < 1.29 is 9.18 Å². The van der Waals surface area contributed by atoms with E-state index in [1.54, 1.807) is 25.1 Å². The molecular weight excluding hydrogens is 155 g/mol. The van der Waals surface area contributed by atoms with Crippen molar-refractivity contribution >= 4 is 6.29 Å². The standard InChI is InChI=1S/C10H11FO/c1-8-4-2-5-9(10(8)11)6-3-7-12/h2,4-5,7H,3,6H2,1H3. The Morgan fingerprint density at radius 2 is 2.25 bits per heavy atom. The lowest BCUT2D eigenvalue weighted by molar-refractivity contribution is -0.107. The second kappa shape index (κ2) is 4.00. The minimum Gasteiger partial charge on any atom is -0.303 e. The molecular formula is C10H11FO. The van der Waals surface area contributed by atoms with E-state index in [0.29, 0.717) is 24.0 Å². The number of aldehydes is 1. The number of halogens is 1. The van der Waals surface area contributed by atoms with Crippen LogP contribution in [0.1, 0.15) is 17.5 Å². The first-order chi connectivity index (χ1) is 5.75. The summed E-state index contributed by atoms with van der Waals surface area (Å²) in [6.45, 7) is 1.72. The van der Waals surface area contributed by atoms with Crippen LogP contribution in [-0.4, -0.2) is 6.29 Å². The molecule has 1 aromatic carbocycles. The normalized spacial score (nSPS) is 9.83. The maximum absolute atomic E-state index is 13.2. The monoisotopic (exact) mass is 166 g/mol. The van der Waals surface area contributed by atoms with Crippen LogP contribution in [0.4, 0.5) is 4.39 Å². The van der Waals surface area contributed by atoms with E-state index < -0.39 is 0 Å². The van der Waals surface area contributed by atoms with Crippen LogP contribution < -0.4 is 0 Å². The summed E-state index contributed by atoms with van der Waals surface area (Å²) in [5.41, 5.74) is 1.26. The zero-order valence-corrected chi connectivity index (χ0v) is 7.01. The Morgan fingerprint density at radius 3 is 2.92 bits per heavy atom. The van der Waals surface area contributed by atoms with Gasteiger partial charge < -0.3 is 4.79 Å². The highest BCUT2D eigenvalue weighted by Crippen LogP contribution is 2.12. The molecule has 0 aromatic heterocycles. The first-order valence-corrected chi connectivity index (χ1v) is 3.93. The highest BCUT2D eigenvalue weighted by atomic mass is 19.1. The summed E-state index contributed by atoms with van der Waals surface area (Å²) < 4.78 is 13.2. The van der Waals surface area contributed by atoms with E-state index in [-0.39, 0.29) is 5.82 Å². The van der Waals surface area contributed by atoms with Crippen LogP contribution in [0.5, 0.6) is 0 Å². The van der Waals surface area contributed by atoms with E-state index in [2.05, 4.69) is 0 Å². The van der Waals surface area contributed by atoms with Gasteiger partial charge in [0.15, 0.2) is 0 Å². The predicted octanol–water partition coefficient (Wildman–Crippen LogP) is 2.27. The Hall–Kier alpha value is -1.18. The third kappa shape index (κ3) is 1.91. The molecule has 2 heteroatoms. The Labute approximate surface area is 71.2 Å². The van der Waals surface area contributed by atoms with Crippen molar-refractivity contribution in [3.8, 4) is 0 Å². The lowest BCUT2D eigenvalue weighted by Gasteiger charge is -2.02. The summed E-state index contributed by atoms with van der Waals surface area (Å²) in [4.78, 5) is 10.1. The van der Waals surface area contributed by atoms with Crippen molar-refractivity contribution in [3.05, 3.63) is 35.1 Å². The van der Waals surface area contributed by atoms with E-state index in [1.807, 2.05) is 0 Å². The summed E-state index contributed by atoms with van der Waals surface area (Å²) in [7, 11) is 0. The molecule has 0 N–H and O–H groups in total. The van der Waals surface area contributed by atoms with Gasteiger partial charge in [-0.05, 0) is 24.5 Å². The number of hydrogen-bond donors (Lipinski definition) is 0. The summed E-state index contributed by atoms with van der Waals surface area (Å²) in [6.07, 6.45) is 1.69. The fourth-order valence-electron chi connectivity index (χ4n) is 1.12. The molecule has 0 aliphatic rings. The summed E-state index contributed by atoms with van der Waals surface area (Å²) in [5, 5.41) is 0. The molecule has 12 heavy (non-hydrogen) atoms. The van der Waals surface area contributed by atoms with Crippen LogP contribution in [-0.2, 0) is 11.2 Å². The fourth-order valence-corrected chi connectivity index (χ4v) is 1.12. The first-order valence-electron chi connectivity index (χ1n) is 3.93. The van der Waals surface area contributed by atoms with Gasteiger partial charge in [0.1, 0.15) is 12.1 Å². The zero-order valence-electron chi connectivity index (χ0n) is 7.01. The third-order valence-corrected chi connectivity index (χ3v) is 1.80. The zero-order chi connectivity index (χ0) is 8.97. The number of carbonyl (C=O) groups excluding carboxylic acids is 1. The largest absolute Gasteiger partial charge is 0.303 e. The lowest BCUT2D eigenvalue weighted by Crippen LogP contribution is -1.93. The molecule has 1 aromatic rings. The molecule has 0 aliphatic heterocycles. The highest BCUT2D eigenvalue weighted by Gasteiger charge is 2.02. The SMILES string of the molecule is Cc1cccc(CCC=O)c1F. The maximum Gasteiger partial charge on any atom is 0.129 e. The highest BCUT2D eigenvalue weighted by molar-refractivity contribution is 5.50. The molecule has 1 rings (SSSR count). The van der Waals surface area contributed by atoms with E-state index in [0.717, 1.165) is 6.29 Å². The Kier molecular flexibility index (Phi) is 2.97. The van der Waals surface area contributed by atoms with Gasteiger partial charge in [-0.1, -0.05) is 18.2 Å². The van der Waals surface area contributed by atoms with Crippen molar-refractivity contribution in [1.82, 2.24) is 0 Å². The van der Waals surface area contributed by atoms with Crippen molar-refractivity contribution in [2.24, 2.45) is 0 Å². The third-order valence-electron chi connectivity index (χ3n) is 1.80. The summed E-state index contributed by atoms with van der Waals surface area (Å²) in [5.74, 6) is -0.181. The van der Waals surface area contributed by atoms with Crippen molar-refractivity contribution in [2.45, 2.75) is 19.8 Å². The molecule has 0 spiro atoms. The number of benzene rings is 1. The van der Waals surface area contributed by atoms with E-state index in [9.17, 15) is 9.18 Å². The molecule has 0 saturated carbocycles. The van der Waals surface area contributed by atoms with Gasteiger partial charge in [-0.25, -0.2) is 4.39 Å². The summed E-state index contributed by atoms with van der Waals surface area (Å²) in [6, 6.07) is 5.24. The number of rotatable bonds is 3. The smallest absolute Gasteiger partial charge is 0.129 e. The molecule has 0 unspecified atom stereocenters. The van der Waals surface area contributed by atoms with E-state index in [4.69, 9.17) is 0 Å². The second-order valence-corrected chi connectivity index (χ2v) is 2.75. The molecule has 0 saturated heterocycles. The molecule has 0 bridgehead atoms. The molecule has 1 nitrogen and oxygen atoms in total. The van der Waals surface area contributed by atoms with E-state index >= 15 is 0 Å². The molecule has 0 fully saturated rings. The lowest BCUT2D eigenvalue weighted by atomic mass is 10.1. The van der Waals surface area contributed by atoms with Gasteiger partial charge >= 0.3 is 0 Å². The van der Waals surface area contributed by atoms with Crippen LogP contribution in [0, 0.1) is 12.7 Å². The van der Waals surface area contributed by atoms with Gasteiger partial charge in [-0.3, -0.25) is 0 Å². The van der Waals surface area contributed by atoms with Crippen LogP contribution in [0.3, 0.4) is 0 Å². The van der Waals surface area contributed by atoms with Gasteiger partial charge in [-0.15, -0.1) is 0 Å². The van der Waals surface area contributed by atoms with Crippen LogP contribution in [0.15, 0.2) is 18.2 Å². The Morgan fingerprint density at radius 1 is 1.50 bits per heavy atom. The van der Waals surface area contributed by atoms with E-state index in [1.165, 1.54) is 0 Å². The minimum absolute atomic E-state index is 0.181. The molecule has 0 amide bonds. The molecule has 0 atom stereocenters. The number of hydrogen-bond acceptors (Lipinski definition) is 1. The van der Waals surface area contributed by atoms with Gasteiger partial charge in [-0.2, -0.15) is 0 Å². The van der Waals surface area contributed by atoms with Crippen molar-refractivity contribution in [3.63, 3.8) is 0 Å². The number of carbonyl (C=O) groups is 1. The molecule has 64 valence electrons. The average Bonchev–Trinajstić information content (AvgIpc) is 2.08. The van der Waals surface area contributed by atoms with Crippen molar-refractivity contribution in [1.29, 1.82) is 0 Å². The van der Waals surface area contributed by atoms with Gasteiger partial charge in [0.05, 0.1) is 0 Å². The van der Waals surface area contributed by atoms with Crippen LogP contribution >= 0.6 is 0 Å². The average molecular weight is 166 g/mol. The predicted molar refractivity (Wildman–Crippen MR) is 45.5 cm³/mol. The molecule has 0 heterocycles. The topological polar surface area (TPSA) is 17.1 Å². The van der Waals surface area contributed by atoms with Crippen LogP contribution in [0.2, 0.25) is 0 Å². The second-order valence-electron chi connectivity index (χ2n) is 2.75. The van der Waals surface area contributed by atoms with Crippen LogP contribution in [0.25, 0.3) is 0 Å². The minimum atomic E-state index is -0.181. The van der Waals surface area contributed by atoms with Gasteiger partial charge in [0.25, 0.3) is 0 Å². The first kappa shape index (κ1) is 8.91. The molecule has 0 aliphatic carbocycles. The van der Waals surface area contributed by atoms with Crippen molar-refractivity contribution in [2.75, 3.05) is 0 Å². The number of aryl methyl sites for hydroxylation is 2. The van der Waals surface area contributed by atoms with Gasteiger partial charge in [0.2, 0.25) is 0 Å². The fraction of sp³-hybridized carbons (Fsp3) is 0.300. The van der Waals surface area contributed by atoms with Gasteiger partial charge in [0, 0.05) is 6.42 Å². The Bertz CT molecular complexity index is 281. The molecule has 0 radical (unpaired) electrons.